The molecule has 2 fully saturated rings. The SMILES string of the molecule is Cl.O=S1(=O)CCC2(C1)NCCCC2(F)F. The molecule has 15 heavy (non-hydrogen) atoms. The van der Waals surface area contributed by atoms with E-state index in [2.05, 4.69) is 5.32 Å². The van der Waals surface area contributed by atoms with E-state index < -0.39 is 27.1 Å². The minimum absolute atomic E-state index is 0. The molecule has 3 nitrogen and oxygen atoms in total. The first-order valence-electron chi connectivity index (χ1n) is 4.70. The van der Waals surface area contributed by atoms with Gasteiger partial charge in [-0.05, 0) is 19.4 Å². The van der Waals surface area contributed by atoms with Crippen LogP contribution in [-0.4, -0.2) is 37.9 Å². The van der Waals surface area contributed by atoms with Gasteiger partial charge in [-0.25, -0.2) is 17.2 Å². The number of halogens is 3. The molecule has 0 bridgehead atoms. The Morgan fingerprint density at radius 3 is 2.33 bits per heavy atom. The van der Waals surface area contributed by atoms with Crippen LogP contribution in [0.5, 0.6) is 0 Å². The van der Waals surface area contributed by atoms with Gasteiger partial charge in [-0.2, -0.15) is 0 Å². The minimum atomic E-state index is -3.27. The number of hydrogen-bond donors (Lipinski definition) is 1. The Bertz CT molecular complexity index is 347. The number of sulfone groups is 1. The fourth-order valence-electron chi connectivity index (χ4n) is 2.28. The van der Waals surface area contributed by atoms with Crippen molar-refractivity contribution >= 4 is 22.2 Å². The Morgan fingerprint density at radius 1 is 1.20 bits per heavy atom. The van der Waals surface area contributed by atoms with E-state index in [1.807, 2.05) is 0 Å². The quantitative estimate of drug-likeness (QED) is 0.707. The zero-order chi connectivity index (χ0) is 10.4. The van der Waals surface area contributed by atoms with E-state index in [1.165, 1.54) is 0 Å². The number of nitrogens with one attached hydrogen (secondary N) is 1. The van der Waals surface area contributed by atoms with Crippen molar-refractivity contribution in [1.82, 2.24) is 5.32 Å². The summed E-state index contributed by atoms with van der Waals surface area (Å²) in [5.74, 6) is -3.41. The molecule has 0 saturated carbocycles. The van der Waals surface area contributed by atoms with E-state index in [-0.39, 0.29) is 31.0 Å². The smallest absolute Gasteiger partial charge is 0.266 e. The standard InChI is InChI=1S/C8H13F2NO2S.ClH/c9-8(10)2-1-4-11-7(8)3-5-14(12,13)6-7;/h11H,1-6H2;1H. The highest BCUT2D eigenvalue weighted by atomic mass is 35.5. The van der Waals surface area contributed by atoms with Gasteiger partial charge < -0.3 is 5.32 Å². The van der Waals surface area contributed by atoms with E-state index in [4.69, 9.17) is 0 Å². The molecule has 0 radical (unpaired) electrons. The topological polar surface area (TPSA) is 46.2 Å². The van der Waals surface area contributed by atoms with Gasteiger partial charge in [0.25, 0.3) is 5.92 Å². The average Bonchev–Trinajstić information content (AvgIpc) is 2.36. The van der Waals surface area contributed by atoms with Crippen LogP contribution < -0.4 is 5.32 Å². The van der Waals surface area contributed by atoms with E-state index in [0.717, 1.165) is 0 Å². The van der Waals surface area contributed by atoms with Crippen LogP contribution in [0.15, 0.2) is 0 Å². The highest BCUT2D eigenvalue weighted by Crippen LogP contribution is 2.42. The summed E-state index contributed by atoms with van der Waals surface area (Å²) in [5, 5.41) is 2.71. The van der Waals surface area contributed by atoms with Gasteiger partial charge in [-0.15, -0.1) is 12.4 Å². The molecule has 2 heterocycles. The summed E-state index contributed by atoms with van der Waals surface area (Å²) in [4.78, 5) is 0. The normalized spacial score (nSPS) is 37.5. The van der Waals surface area contributed by atoms with Crippen LogP contribution in [0, 0.1) is 0 Å². The first-order valence-corrected chi connectivity index (χ1v) is 6.52. The maximum atomic E-state index is 13.6. The third kappa shape index (κ3) is 2.12. The molecular formula is C8H14ClF2NO2S. The summed E-state index contributed by atoms with van der Waals surface area (Å²) in [6.07, 6.45) is 0.257. The Labute approximate surface area is 93.9 Å². The van der Waals surface area contributed by atoms with E-state index in [1.54, 1.807) is 0 Å². The average molecular weight is 262 g/mol. The second-order valence-electron chi connectivity index (χ2n) is 4.16. The number of hydrogen-bond acceptors (Lipinski definition) is 3. The first kappa shape index (κ1) is 13.1. The third-order valence-electron chi connectivity index (χ3n) is 3.14. The summed E-state index contributed by atoms with van der Waals surface area (Å²) in [6.45, 7) is 0.491. The van der Waals surface area contributed by atoms with E-state index in [9.17, 15) is 17.2 Å². The van der Waals surface area contributed by atoms with Gasteiger partial charge in [-0.1, -0.05) is 0 Å². The van der Waals surface area contributed by atoms with Gasteiger partial charge >= 0.3 is 0 Å². The highest BCUT2D eigenvalue weighted by Gasteiger charge is 2.59. The fraction of sp³-hybridized carbons (Fsp3) is 1.00. The molecule has 0 aromatic heterocycles. The van der Waals surface area contributed by atoms with Gasteiger partial charge in [0.2, 0.25) is 0 Å². The second-order valence-corrected chi connectivity index (χ2v) is 6.34. The van der Waals surface area contributed by atoms with Gasteiger partial charge in [0.05, 0.1) is 17.0 Å². The van der Waals surface area contributed by atoms with Crippen molar-refractivity contribution in [2.45, 2.75) is 30.7 Å². The number of rotatable bonds is 0. The Morgan fingerprint density at radius 2 is 1.87 bits per heavy atom. The number of piperidine rings is 1. The first-order chi connectivity index (χ1) is 6.37. The lowest BCUT2D eigenvalue weighted by molar-refractivity contribution is -0.103. The van der Waals surface area contributed by atoms with Crippen molar-refractivity contribution in [1.29, 1.82) is 0 Å². The van der Waals surface area contributed by atoms with Crippen LogP contribution in [0.25, 0.3) is 0 Å². The van der Waals surface area contributed by atoms with Crippen molar-refractivity contribution in [3.05, 3.63) is 0 Å². The van der Waals surface area contributed by atoms with E-state index >= 15 is 0 Å². The van der Waals surface area contributed by atoms with Crippen LogP contribution in [0.2, 0.25) is 0 Å². The van der Waals surface area contributed by atoms with Crippen LogP contribution >= 0.6 is 12.4 Å². The molecule has 0 aliphatic carbocycles. The molecule has 90 valence electrons. The molecular weight excluding hydrogens is 248 g/mol. The molecule has 1 N–H and O–H groups in total. The molecule has 1 spiro atoms. The van der Waals surface area contributed by atoms with Gasteiger partial charge in [-0.3, -0.25) is 0 Å². The van der Waals surface area contributed by atoms with Crippen LogP contribution in [-0.2, 0) is 9.84 Å². The van der Waals surface area contributed by atoms with Crippen molar-refractivity contribution in [3.8, 4) is 0 Å². The molecule has 0 aromatic rings. The van der Waals surface area contributed by atoms with E-state index in [0.29, 0.717) is 13.0 Å². The molecule has 7 heteroatoms. The van der Waals surface area contributed by atoms with Crippen LogP contribution in [0.3, 0.4) is 0 Å². The summed E-state index contributed by atoms with van der Waals surface area (Å²) < 4.78 is 49.6. The lowest BCUT2D eigenvalue weighted by Gasteiger charge is -2.41. The van der Waals surface area contributed by atoms with Crippen LogP contribution in [0.4, 0.5) is 8.78 Å². The van der Waals surface area contributed by atoms with Crippen molar-refractivity contribution < 1.29 is 17.2 Å². The summed E-state index contributed by atoms with van der Waals surface area (Å²) >= 11 is 0. The molecule has 1 atom stereocenters. The molecule has 0 aromatic carbocycles. The van der Waals surface area contributed by atoms with Gasteiger partial charge in [0.1, 0.15) is 0 Å². The van der Waals surface area contributed by atoms with Gasteiger partial charge in [0, 0.05) is 6.42 Å². The molecule has 2 rings (SSSR count). The monoisotopic (exact) mass is 261 g/mol. The maximum absolute atomic E-state index is 13.6. The summed E-state index contributed by atoms with van der Waals surface area (Å²) in [5.41, 5.74) is -1.47. The lowest BCUT2D eigenvalue weighted by atomic mass is 9.84. The molecule has 2 aliphatic rings. The predicted octanol–water partition coefficient (Wildman–Crippen LogP) is 0.984. The Kier molecular flexibility index (Phi) is 3.34. The minimum Gasteiger partial charge on any atom is -0.305 e. The zero-order valence-corrected chi connectivity index (χ0v) is 9.76. The second kappa shape index (κ2) is 3.82. The Hall–Kier alpha value is 0.0600. The summed E-state index contributed by atoms with van der Waals surface area (Å²) in [7, 11) is -3.27. The van der Waals surface area contributed by atoms with Gasteiger partial charge in [0.15, 0.2) is 9.84 Å². The Balaban J connectivity index is 0.00000112. The largest absolute Gasteiger partial charge is 0.305 e. The van der Waals surface area contributed by atoms with Crippen molar-refractivity contribution in [3.63, 3.8) is 0 Å². The number of alkyl halides is 2. The lowest BCUT2D eigenvalue weighted by Crippen LogP contribution is -2.62. The predicted molar refractivity (Wildman–Crippen MR) is 55.4 cm³/mol. The van der Waals surface area contributed by atoms with Crippen molar-refractivity contribution in [2.75, 3.05) is 18.1 Å². The third-order valence-corrected chi connectivity index (χ3v) is 4.90. The maximum Gasteiger partial charge on any atom is 0.266 e. The zero-order valence-electron chi connectivity index (χ0n) is 8.13. The molecule has 0 amide bonds. The highest BCUT2D eigenvalue weighted by molar-refractivity contribution is 7.91. The molecule has 2 saturated heterocycles. The molecule has 1 unspecified atom stereocenters. The fourth-order valence-corrected chi connectivity index (χ4v) is 4.30. The molecule has 2 aliphatic heterocycles. The van der Waals surface area contributed by atoms with Crippen LogP contribution in [0.1, 0.15) is 19.3 Å². The summed E-state index contributed by atoms with van der Waals surface area (Å²) in [6, 6.07) is 0. The van der Waals surface area contributed by atoms with Crippen molar-refractivity contribution in [2.24, 2.45) is 0 Å².